The smallest absolute Gasteiger partial charge is 0.220 e. The van der Waals surface area contributed by atoms with Gasteiger partial charge in [-0.2, -0.15) is 11.3 Å². The van der Waals surface area contributed by atoms with Crippen molar-refractivity contribution in [2.24, 2.45) is 0 Å². The number of amides is 1. The average Bonchev–Trinajstić information content (AvgIpc) is 3.24. The van der Waals surface area contributed by atoms with Crippen LogP contribution in [-0.4, -0.2) is 29.9 Å². The van der Waals surface area contributed by atoms with Gasteiger partial charge in [-0.3, -0.25) is 9.69 Å². The first-order valence-electron chi connectivity index (χ1n) is 10.2. The lowest BCUT2D eigenvalue weighted by molar-refractivity contribution is -0.122. The van der Waals surface area contributed by atoms with E-state index in [4.69, 9.17) is 0 Å². The molecule has 0 unspecified atom stereocenters. The monoisotopic (exact) mass is 382 g/mol. The van der Waals surface area contributed by atoms with E-state index in [1.165, 1.54) is 29.5 Å². The molecule has 2 aliphatic rings. The van der Waals surface area contributed by atoms with Crippen molar-refractivity contribution in [3.8, 4) is 0 Å². The SMILES string of the molecule is CC(C)NC(=O)C[C@@H]1CC2(CCN(Cc3ccsc3)CC2)c2ccccc21. The van der Waals surface area contributed by atoms with E-state index in [0.717, 1.165) is 26.1 Å². The number of nitrogens with zero attached hydrogens (tertiary/aromatic N) is 1. The van der Waals surface area contributed by atoms with Gasteiger partial charge in [0, 0.05) is 19.0 Å². The number of fused-ring (bicyclic) bond motifs is 2. The van der Waals surface area contributed by atoms with Gasteiger partial charge in [0.05, 0.1) is 0 Å². The van der Waals surface area contributed by atoms with Crippen LogP contribution < -0.4 is 5.32 Å². The number of likely N-dealkylation sites (tertiary alicyclic amines) is 1. The van der Waals surface area contributed by atoms with Crippen molar-refractivity contribution in [2.45, 2.75) is 63.5 Å². The number of nitrogens with one attached hydrogen (secondary N) is 1. The maximum absolute atomic E-state index is 12.4. The molecule has 1 aromatic heterocycles. The van der Waals surface area contributed by atoms with Crippen LogP contribution >= 0.6 is 11.3 Å². The maximum atomic E-state index is 12.4. The number of thiophene rings is 1. The molecule has 1 aliphatic heterocycles. The van der Waals surface area contributed by atoms with Crippen molar-refractivity contribution in [1.82, 2.24) is 10.2 Å². The van der Waals surface area contributed by atoms with Crippen molar-refractivity contribution in [2.75, 3.05) is 13.1 Å². The van der Waals surface area contributed by atoms with Gasteiger partial charge in [0.25, 0.3) is 0 Å². The lowest BCUT2D eigenvalue weighted by Gasteiger charge is -2.40. The second kappa shape index (κ2) is 7.76. The number of rotatable bonds is 5. The third-order valence-corrected chi connectivity index (χ3v) is 7.02. The summed E-state index contributed by atoms with van der Waals surface area (Å²) < 4.78 is 0. The first-order chi connectivity index (χ1) is 13.1. The molecule has 144 valence electrons. The molecule has 2 aromatic rings. The molecular weight excluding hydrogens is 352 g/mol. The van der Waals surface area contributed by atoms with Crippen LogP contribution in [0.4, 0.5) is 0 Å². The summed E-state index contributed by atoms with van der Waals surface area (Å²) >= 11 is 1.78. The van der Waals surface area contributed by atoms with Crippen molar-refractivity contribution in [3.05, 3.63) is 57.8 Å². The first kappa shape index (κ1) is 18.7. The topological polar surface area (TPSA) is 32.3 Å². The molecular formula is C23H30N2OS. The molecule has 0 radical (unpaired) electrons. The van der Waals surface area contributed by atoms with Crippen LogP contribution in [0.2, 0.25) is 0 Å². The van der Waals surface area contributed by atoms with E-state index in [-0.39, 0.29) is 17.4 Å². The van der Waals surface area contributed by atoms with Crippen LogP contribution in [0.15, 0.2) is 41.1 Å². The summed E-state index contributed by atoms with van der Waals surface area (Å²) in [5, 5.41) is 7.51. The minimum atomic E-state index is 0.191. The van der Waals surface area contributed by atoms with Crippen LogP contribution in [0.3, 0.4) is 0 Å². The number of carbonyl (C=O) groups excluding carboxylic acids is 1. The minimum absolute atomic E-state index is 0.191. The predicted octanol–water partition coefficient (Wildman–Crippen LogP) is 4.68. The molecule has 1 atom stereocenters. The molecule has 1 saturated heterocycles. The van der Waals surface area contributed by atoms with E-state index in [1.54, 1.807) is 11.3 Å². The van der Waals surface area contributed by atoms with Gasteiger partial charge in [-0.15, -0.1) is 0 Å². The zero-order valence-electron chi connectivity index (χ0n) is 16.4. The summed E-state index contributed by atoms with van der Waals surface area (Å²) in [4.78, 5) is 15.0. The highest BCUT2D eigenvalue weighted by atomic mass is 32.1. The molecule has 2 heterocycles. The van der Waals surface area contributed by atoms with E-state index >= 15 is 0 Å². The Hall–Kier alpha value is -1.65. The lowest BCUT2D eigenvalue weighted by atomic mass is 9.73. The molecule has 1 N–H and O–H groups in total. The van der Waals surface area contributed by atoms with E-state index in [2.05, 4.69) is 51.3 Å². The normalized spacial score (nSPS) is 21.5. The molecule has 1 amide bonds. The third kappa shape index (κ3) is 3.97. The molecule has 4 rings (SSSR count). The fourth-order valence-corrected chi connectivity index (χ4v) is 5.73. The Labute approximate surface area is 166 Å². The fourth-order valence-electron chi connectivity index (χ4n) is 5.07. The largest absolute Gasteiger partial charge is 0.354 e. The van der Waals surface area contributed by atoms with Gasteiger partial charge in [-0.05, 0) is 91.0 Å². The highest BCUT2D eigenvalue weighted by Gasteiger charge is 2.45. The highest BCUT2D eigenvalue weighted by Crippen LogP contribution is 2.52. The molecule has 3 nitrogen and oxygen atoms in total. The van der Waals surface area contributed by atoms with Gasteiger partial charge in [-0.1, -0.05) is 24.3 Å². The molecule has 4 heteroatoms. The van der Waals surface area contributed by atoms with Crippen molar-refractivity contribution >= 4 is 17.2 Å². The average molecular weight is 383 g/mol. The second-order valence-corrected chi connectivity index (χ2v) is 9.38. The molecule has 1 spiro atoms. The molecule has 0 bridgehead atoms. The molecule has 1 aromatic carbocycles. The van der Waals surface area contributed by atoms with Crippen LogP contribution in [0.25, 0.3) is 0 Å². The predicted molar refractivity (Wildman–Crippen MR) is 112 cm³/mol. The van der Waals surface area contributed by atoms with Crippen LogP contribution in [-0.2, 0) is 16.8 Å². The van der Waals surface area contributed by atoms with Crippen LogP contribution in [0, 0.1) is 0 Å². The highest BCUT2D eigenvalue weighted by molar-refractivity contribution is 7.07. The van der Waals surface area contributed by atoms with E-state index in [0.29, 0.717) is 12.3 Å². The summed E-state index contributed by atoms with van der Waals surface area (Å²) in [5.74, 6) is 0.556. The Kier molecular flexibility index (Phi) is 5.38. The summed E-state index contributed by atoms with van der Waals surface area (Å²) in [7, 11) is 0. The third-order valence-electron chi connectivity index (χ3n) is 6.29. The zero-order valence-corrected chi connectivity index (χ0v) is 17.2. The van der Waals surface area contributed by atoms with Gasteiger partial charge >= 0.3 is 0 Å². The van der Waals surface area contributed by atoms with Crippen LogP contribution in [0.1, 0.15) is 62.1 Å². The maximum Gasteiger partial charge on any atom is 0.220 e. The summed E-state index contributed by atoms with van der Waals surface area (Å²) in [6.07, 6.45) is 4.16. The van der Waals surface area contributed by atoms with Crippen molar-refractivity contribution < 1.29 is 4.79 Å². The van der Waals surface area contributed by atoms with Gasteiger partial charge in [0.1, 0.15) is 0 Å². The first-order valence-corrected chi connectivity index (χ1v) is 11.1. The minimum Gasteiger partial charge on any atom is -0.354 e. The fraction of sp³-hybridized carbons (Fsp3) is 0.522. The van der Waals surface area contributed by atoms with E-state index in [1.807, 2.05) is 13.8 Å². The Bertz CT molecular complexity index is 775. The van der Waals surface area contributed by atoms with Gasteiger partial charge in [0.15, 0.2) is 0 Å². The summed E-state index contributed by atoms with van der Waals surface area (Å²) in [6, 6.07) is 11.3. The Morgan fingerprint density at radius 3 is 2.74 bits per heavy atom. The quantitative estimate of drug-likeness (QED) is 0.814. The zero-order chi connectivity index (χ0) is 18.9. The molecule has 0 saturated carbocycles. The van der Waals surface area contributed by atoms with Crippen molar-refractivity contribution in [3.63, 3.8) is 0 Å². The molecule has 1 aliphatic carbocycles. The lowest BCUT2D eigenvalue weighted by Crippen LogP contribution is -2.41. The van der Waals surface area contributed by atoms with Crippen molar-refractivity contribution in [1.29, 1.82) is 0 Å². The number of carbonyl (C=O) groups is 1. The summed E-state index contributed by atoms with van der Waals surface area (Å²) in [6.45, 7) is 7.43. The molecule has 1 fully saturated rings. The Balaban J connectivity index is 1.46. The van der Waals surface area contributed by atoms with E-state index in [9.17, 15) is 4.79 Å². The Morgan fingerprint density at radius 2 is 2.04 bits per heavy atom. The second-order valence-electron chi connectivity index (χ2n) is 8.60. The number of hydrogen-bond donors (Lipinski definition) is 1. The summed E-state index contributed by atoms with van der Waals surface area (Å²) in [5.41, 5.74) is 4.64. The number of hydrogen-bond acceptors (Lipinski definition) is 3. The Morgan fingerprint density at radius 1 is 1.26 bits per heavy atom. The number of benzene rings is 1. The standard InChI is InChI=1S/C23H30N2OS/c1-17(2)24-22(26)13-19-14-23(21-6-4-3-5-20(19)21)8-10-25(11-9-23)15-18-7-12-27-16-18/h3-7,12,16-17,19H,8-11,13-15H2,1-2H3,(H,24,26)/t19-/m1/s1. The van der Waals surface area contributed by atoms with Gasteiger partial charge in [0.2, 0.25) is 5.91 Å². The van der Waals surface area contributed by atoms with E-state index < -0.39 is 0 Å². The van der Waals surface area contributed by atoms with Crippen LogP contribution in [0.5, 0.6) is 0 Å². The number of piperidine rings is 1. The van der Waals surface area contributed by atoms with Gasteiger partial charge < -0.3 is 5.32 Å². The molecule has 27 heavy (non-hydrogen) atoms. The van der Waals surface area contributed by atoms with Gasteiger partial charge in [-0.25, -0.2) is 0 Å².